The van der Waals surface area contributed by atoms with E-state index in [1.165, 1.54) is 20.8 Å². The van der Waals surface area contributed by atoms with E-state index in [1.54, 1.807) is 6.92 Å². The zero-order chi connectivity index (χ0) is 15.0. The first-order valence-electron chi connectivity index (χ1n) is 6.03. The molecule has 0 aromatic rings. The van der Waals surface area contributed by atoms with E-state index in [-0.39, 0.29) is 36.6 Å². The Balaban J connectivity index is 4.51. The van der Waals surface area contributed by atoms with Crippen LogP contribution in [0.15, 0.2) is 0 Å². The molecule has 7 nitrogen and oxygen atoms in total. The van der Waals surface area contributed by atoms with Crippen molar-refractivity contribution < 1.29 is 19.2 Å². The molecule has 108 valence electrons. The summed E-state index contributed by atoms with van der Waals surface area (Å²) < 4.78 is 0. The molecule has 0 spiro atoms. The molecule has 7 heteroatoms. The Hall–Kier alpha value is -1.92. The number of hydrogen-bond acceptors (Lipinski definition) is 4. The van der Waals surface area contributed by atoms with Gasteiger partial charge in [0.1, 0.15) is 0 Å². The summed E-state index contributed by atoms with van der Waals surface area (Å²) in [6.07, 6.45) is 0. The maximum Gasteiger partial charge on any atom is 0.227 e. The lowest BCUT2D eigenvalue weighted by Crippen LogP contribution is -2.47. The highest BCUT2D eigenvalue weighted by atomic mass is 16.2. The lowest BCUT2D eigenvalue weighted by atomic mass is 10.1. The Kier molecular flexibility index (Phi) is 7.40. The molecule has 0 radical (unpaired) electrons. The second-order valence-electron chi connectivity index (χ2n) is 4.41. The van der Waals surface area contributed by atoms with Gasteiger partial charge in [0.25, 0.3) is 0 Å². The largest absolute Gasteiger partial charge is 0.355 e. The van der Waals surface area contributed by atoms with Crippen LogP contribution in [-0.2, 0) is 19.2 Å². The molecule has 0 saturated carbocycles. The van der Waals surface area contributed by atoms with Gasteiger partial charge in [0.2, 0.25) is 17.7 Å². The third kappa shape index (κ3) is 7.91. The first-order valence-corrected chi connectivity index (χ1v) is 6.03. The van der Waals surface area contributed by atoms with E-state index in [0.717, 1.165) is 0 Å². The molecule has 0 aromatic carbocycles. The summed E-state index contributed by atoms with van der Waals surface area (Å²) >= 11 is 0. The topological polar surface area (TPSA) is 104 Å². The fourth-order valence-electron chi connectivity index (χ4n) is 1.22. The van der Waals surface area contributed by atoms with Gasteiger partial charge >= 0.3 is 0 Å². The fourth-order valence-corrected chi connectivity index (χ4v) is 1.22. The fraction of sp³-hybridized carbons (Fsp3) is 0.667. The summed E-state index contributed by atoms with van der Waals surface area (Å²) in [6.45, 7) is 5.84. The molecule has 0 aromatic heterocycles. The molecule has 1 atom stereocenters. The van der Waals surface area contributed by atoms with Crippen molar-refractivity contribution in [2.75, 3.05) is 13.1 Å². The van der Waals surface area contributed by atoms with Crippen LogP contribution in [0.1, 0.15) is 27.7 Å². The van der Waals surface area contributed by atoms with E-state index in [1.807, 2.05) is 0 Å². The zero-order valence-electron chi connectivity index (χ0n) is 11.7. The van der Waals surface area contributed by atoms with Crippen molar-refractivity contribution in [3.8, 4) is 0 Å². The summed E-state index contributed by atoms with van der Waals surface area (Å²) in [5, 5.41) is 7.57. The Morgan fingerprint density at radius 3 is 1.63 bits per heavy atom. The van der Waals surface area contributed by atoms with Gasteiger partial charge in [-0.1, -0.05) is 0 Å². The van der Waals surface area contributed by atoms with Crippen molar-refractivity contribution in [2.45, 2.75) is 33.7 Å². The third-order valence-electron chi connectivity index (χ3n) is 2.53. The van der Waals surface area contributed by atoms with Crippen LogP contribution in [0.3, 0.4) is 0 Å². The van der Waals surface area contributed by atoms with E-state index >= 15 is 0 Å². The van der Waals surface area contributed by atoms with Gasteiger partial charge in [-0.2, -0.15) is 0 Å². The van der Waals surface area contributed by atoms with Crippen molar-refractivity contribution in [1.82, 2.24) is 16.0 Å². The first-order chi connectivity index (χ1) is 8.73. The molecule has 3 N–H and O–H groups in total. The molecular formula is C12H21N3O4. The first kappa shape index (κ1) is 17.1. The summed E-state index contributed by atoms with van der Waals surface area (Å²) in [6, 6.07) is -0.593. The molecule has 19 heavy (non-hydrogen) atoms. The number of carbonyl (C=O) groups excluding carboxylic acids is 4. The van der Waals surface area contributed by atoms with Gasteiger partial charge in [-0.3, -0.25) is 19.2 Å². The summed E-state index contributed by atoms with van der Waals surface area (Å²) in [5.41, 5.74) is 0. The van der Waals surface area contributed by atoms with Gasteiger partial charge in [-0.05, 0) is 13.8 Å². The number of hydrogen-bond donors (Lipinski definition) is 3. The summed E-state index contributed by atoms with van der Waals surface area (Å²) in [5.74, 6) is -1.69. The van der Waals surface area contributed by atoms with Crippen molar-refractivity contribution in [3.63, 3.8) is 0 Å². The van der Waals surface area contributed by atoms with Crippen LogP contribution in [0.2, 0.25) is 0 Å². The molecule has 0 rings (SSSR count). The van der Waals surface area contributed by atoms with E-state index in [9.17, 15) is 19.2 Å². The summed E-state index contributed by atoms with van der Waals surface area (Å²) in [7, 11) is 0. The highest BCUT2D eigenvalue weighted by Gasteiger charge is 2.21. The Morgan fingerprint density at radius 2 is 1.32 bits per heavy atom. The molecule has 0 aliphatic heterocycles. The van der Waals surface area contributed by atoms with Crippen LogP contribution >= 0.6 is 0 Å². The molecular weight excluding hydrogens is 250 g/mol. The van der Waals surface area contributed by atoms with Gasteiger partial charge < -0.3 is 16.0 Å². The Labute approximate surface area is 112 Å². The molecule has 0 fully saturated rings. The molecule has 0 aliphatic rings. The van der Waals surface area contributed by atoms with Gasteiger partial charge in [0.05, 0.1) is 12.0 Å². The highest BCUT2D eigenvalue weighted by Crippen LogP contribution is 1.96. The van der Waals surface area contributed by atoms with E-state index in [2.05, 4.69) is 16.0 Å². The number of rotatable bonds is 7. The van der Waals surface area contributed by atoms with Crippen molar-refractivity contribution in [2.24, 2.45) is 5.92 Å². The predicted octanol–water partition coefficient (Wildman–Crippen LogP) is -1.03. The van der Waals surface area contributed by atoms with Gasteiger partial charge in [-0.15, -0.1) is 0 Å². The molecule has 0 aliphatic carbocycles. The molecule has 0 saturated heterocycles. The lowest BCUT2D eigenvalue weighted by Gasteiger charge is -2.19. The van der Waals surface area contributed by atoms with Crippen LogP contribution in [0.25, 0.3) is 0 Å². The molecule has 1 unspecified atom stereocenters. The van der Waals surface area contributed by atoms with Crippen molar-refractivity contribution in [3.05, 3.63) is 0 Å². The number of ketones is 1. The van der Waals surface area contributed by atoms with Crippen molar-refractivity contribution in [1.29, 1.82) is 0 Å². The van der Waals surface area contributed by atoms with E-state index in [0.29, 0.717) is 0 Å². The maximum atomic E-state index is 11.9. The second kappa shape index (κ2) is 8.23. The molecule has 0 bridgehead atoms. The van der Waals surface area contributed by atoms with Crippen LogP contribution in [-0.4, -0.2) is 42.6 Å². The normalized spacial score (nSPS) is 11.6. The smallest absolute Gasteiger partial charge is 0.227 e. The standard InChI is InChI=1S/C12H21N3O4/c1-7(8(2)16)15-12(19)11(5-13-9(3)17)6-14-10(4)18/h7,11H,5-6H2,1-4H3,(H,13,17)(H,14,18)(H,15,19). The van der Waals surface area contributed by atoms with Gasteiger partial charge in [0.15, 0.2) is 5.78 Å². The van der Waals surface area contributed by atoms with Crippen LogP contribution < -0.4 is 16.0 Å². The van der Waals surface area contributed by atoms with Crippen LogP contribution in [0.5, 0.6) is 0 Å². The number of carbonyl (C=O) groups is 4. The van der Waals surface area contributed by atoms with Crippen LogP contribution in [0.4, 0.5) is 0 Å². The Morgan fingerprint density at radius 1 is 0.895 bits per heavy atom. The highest BCUT2D eigenvalue weighted by molar-refractivity contribution is 5.88. The predicted molar refractivity (Wildman–Crippen MR) is 69.1 cm³/mol. The lowest BCUT2D eigenvalue weighted by molar-refractivity contribution is -0.129. The number of Topliss-reactive ketones (excluding diaryl/α,β-unsaturated/α-hetero) is 1. The van der Waals surface area contributed by atoms with Crippen molar-refractivity contribution >= 4 is 23.5 Å². The Bertz CT molecular complexity index is 350. The maximum absolute atomic E-state index is 11.9. The molecule has 3 amide bonds. The second-order valence-corrected chi connectivity index (χ2v) is 4.41. The average molecular weight is 271 g/mol. The minimum absolute atomic E-state index is 0.103. The number of amides is 3. The number of nitrogens with one attached hydrogen (secondary N) is 3. The zero-order valence-corrected chi connectivity index (χ0v) is 11.7. The average Bonchev–Trinajstić information content (AvgIpc) is 2.27. The summed E-state index contributed by atoms with van der Waals surface area (Å²) in [4.78, 5) is 44.7. The third-order valence-corrected chi connectivity index (χ3v) is 2.53. The quantitative estimate of drug-likeness (QED) is 0.550. The SMILES string of the molecule is CC(=O)NCC(CNC(C)=O)C(=O)NC(C)C(C)=O. The van der Waals surface area contributed by atoms with E-state index in [4.69, 9.17) is 0 Å². The minimum atomic E-state index is -0.616. The van der Waals surface area contributed by atoms with Gasteiger partial charge in [0, 0.05) is 26.9 Å². The molecule has 0 heterocycles. The minimum Gasteiger partial charge on any atom is -0.355 e. The van der Waals surface area contributed by atoms with Gasteiger partial charge in [-0.25, -0.2) is 0 Å². The van der Waals surface area contributed by atoms with Crippen LogP contribution in [0, 0.1) is 5.92 Å². The monoisotopic (exact) mass is 271 g/mol. The van der Waals surface area contributed by atoms with E-state index < -0.39 is 12.0 Å².